The number of anilines is 1. The number of hydrogen-bond acceptors (Lipinski definition) is 4. The van der Waals surface area contributed by atoms with Crippen molar-refractivity contribution in [3.63, 3.8) is 0 Å². The van der Waals surface area contributed by atoms with Crippen molar-refractivity contribution in [3.8, 4) is 11.4 Å². The first-order valence-corrected chi connectivity index (χ1v) is 10.2. The maximum Gasteiger partial charge on any atom is 0.322 e. The molecule has 0 saturated carbocycles. The number of carbonyl (C=O) groups excluding carboxylic acids is 1. The molecular weight excluding hydrogens is 400 g/mol. The minimum Gasteiger partial charge on any atom is -0.337 e. The van der Waals surface area contributed by atoms with Crippen LogP contribution in [0.15, 0.2) is 71.3 Å². The summed E-state index contributed by atoms with van der Waals surface area (Å²) < 4.78 is 5.52. The maximum atomic E-state index is 13.1. The lowest BCUT2D eigenvalue weighted by atomic mass is 10.1. The van der Waals surface area contributed by atoms with Crippen LogP contribution in [0.5, 0.6) is 0 Å². The Morgan fingerprint density at radius 1 is 1.10 bits per heavy atom. The molecule has 30 heavy (non-hydrogen) atoms. The highest BCUT2D eigenvalue weighted by atomic mass is 35.5. The van der Waals surface area contributed by atoms with E-state index in [4.69, 9.17) is 16.1 Å². The van der Waals surface area contributed by atoms with Crippen LogP contribution in [0.1, 0.15) is 24.8 Å². The third-order valence-corrected chi connectivity index (χ3v) is 5.59. The van der Waals surface area contributed by atoms with Crippen molar-refractivity contribution in [1.82, 2.24) is 15.0 Å². The fourth-order valence-corrected chi connectivity index (χ4v) is 4.09. The van der Waals surface area contributed by atoms with Crippen LogP contribution in [0.25, 0.3) is 22.2 Å². The average Bonchev–Trinajstić information content (AvgIpc) is 3.44. The zero-order valence-corrected chi connectivity index (χ0v) is 16.8. The molecule has 0 radical (unpaired) electrons. The van der Waals surface area contributed by atoms with Crippen LogP contribution in [-0.2, 0) is 0 Å². The Bertz CT molecular complexity index is 1220. The molecule has 1 atom stereocenters. The van der Waals surface area contributed by atoms with Crippen molar-refractivity contribution in [2.24, 2.45) is 0 Å². The minimum atomic E-state index is -0.250. The Balaban J connectivity index is 1.38. The summed E-state index contributed by atoms with van der Waals surface area (Å²) in [5.41, 5.74) is 1.57. The van der Waals surface area contributed by atoms with Crippen LogP contribution in [0.2, 0.25) is 5.02 Å². The average molecular weight is 419 g/mol. The fourth-order valence-electron chi connectivity index (χ4n) is 3.90. The Morgan fingerprint density at radius 3 is 2.83 bits per heavy atom. The summed E-state index contributed by atoms with van der Waals surface area (Å²) in [7, 11) is 0. The molecule has 1 aliphatic heterocycles. The number of likely N-dealkylation sites (tertiary alicyclic amines) is 1. The number of aromatic nitrogens is 2. The van der Waals surface area contributed by atoms with E-state index in [0.29, 0.717) is 23.3 Å². The highest BCUT2D eigenvalue weighted by Gasteiger charge is 2.34. The van der Waals surface area contributed by atoms with E-state index in [0.717, 1.165) is 34.9 Å². The van der Waals surface area contributed by atoms with E-state index in [1.807, 2.05) is 54.6 Å². The summed E-state index contributed by atoms with van der Waals surface area (Å²) in [4.78, 5) is 19.4. The van der Waals surface area contributed by atoms with Crippen LogP contribution < -0.4 is 5.32 Å². The second-order valence-corrected chi connectivity index (χ2v) is 7.71. The van der Waals surface area contributed by atoms with Gasteiger partial charge in [0.25, 0.3) is 0 Å². The Labute approximate surface area is 178 Å². The van der Waals surface area contributed by atoms with Crippen molar-refractivity contribution in [1.29, 1.82) is 0 Å². The fraction of sp³-hybridized carbons (Fsp3) is 0.174. The standard InChI is InChI=1S/C23H19ClN4O2/c24-17-9-3-8-16(14-17)21-26-22(30-27-21)20-12-5-13-28(20)23(29)25-19-11-4-7-15-6-1-2-10-18(15)19/h1-4,6-11,14,20H,5,12-13H2,(H,25,29)/t20-/m1/s1. The molecule has 3 aromatic carbocycles. The smallest absolute Gasteiger partial charge is 0.322 e. The summed E-state index contributed by atoms with van der Waals surface area (Å²) in [6, 6.07) is 20.7. The number of rotatable bonds is 3. The van der Waals surface area contributed by atoms with Gasteiger partial charge in [-0.2, -0.15) is 4.98 Å². The van der Waals surface area contributed by atoms with Gasteiger partial charge in [0.1, 0.15) is 6.04 Å². The van der Waals surface area contributed by atoms with Gasteiger partial charge in [-0.1, -0.05) is 65.3 Å². The molecule has 0 unspecified atom stereocenters. The van der Waals surface area contributed by atoms with E-state index in [-0.39, 0.29) is 12.1 Å². The second-order valence-electron chi connectivity index (χ2n) is 7.27. The monoisotopic (exact) mass is 418 g/mol. The van der Waals surface area contributed by atoms with Gasteiger partial charge in [-0.05, 0) is 36.4 Å². The largest absolute Gasteiger partial charge is 0.337 e. The predicted molar refractivity (Wildman–Crippen MR) is 116 cm³/mol. The summed E-state index contributed by atoms with van der Waals surface area (Å²) >= 11 is 6.06. The van der Waals surface area contributed by atoms with Crippen molar-refractivity contribution in [2.45, 2.75) is 18.9 Å². The minimum absolute atomic E-state index is 0.170. The van der Waals surface area contributed by atoms with Gasteiger partial charge in [0.05, 0.1) is 5.69 Å². The van der Waals surface area contributed by atoms with Gasteiger partial charge < -0.3 is 14.7 Å². The van der Waals surface area contributed by atoms with Crippen molar-refractivity contribution in [3.05, 3.63) is 77.6 Å². The lowest BCUT2D eigenvalue weighted by molar-refractivity contribution is 0.193. The van der Waals surface area contributed by atoms with Crippen LogP contribution in [0, 0.1) is 0 Å². The zero-order valence-electron chi connectivity index (χ0n) is 16.1. The molecule has 4 aromatic rings. The molecule has 1 aliphatic rings. The lowest BCUT2D eigenvalue weighted by Gasteiger charge is -2.22. The molecule has 1 saturated heterocycles. The summed E-state index contributed by atoms with van der Waals surface area (Å²) in [5, 5.41) is 9.83. The first-order valence-electron chi connectivity index (χ1n) is 9.84. The second kappa shape index (κ2) is 7.80. The topological polar surface area (TPSA) is 71.3 Å². The highest BCUT2D eigenvalue weighted by Crippen LogP contribution is 2.33. The van der Waals surface area contributed by atoms with E-state index in [2.05, 4.69) is 15.5 Å². The molecule has 2 heterocycles. The quantitative estimate of drug-likeness (QED) is 0.448. The molecule has 0 bridgehead atoms. The van der Waals surface area contributed by atoms with Crippen LogP contribution >= 0.6 is 11.6 Å². The van der Waals surface area contributed by atoms with E-state index < -0.39 is 0 Å². The third-order valence-electron chi connectivity index (χ3n) is 5.35. The van der Waals surface area contributed by atoms with Gasteiger partial charge >= 0.3 is 6.03 Å². The molecule has 6 nitrogen and oxygen atoms in total. The van der Waals surface area contributed by atoms with E-state index >= 15 is 0 Å². The number of halogens is 1. The maximum absolute atomic E-state index is 13.1. The van der Waals surface area contributed by atoms with Gasteiger partial charge in [-0.25, -0.2) is 4.79 Å². The normalized spacial score (nSPS) is 16.2. The lowest BCUT2D eigenvalue weighted by Crippen LogP contribution is -2.34. The van der Waals surface area contributed by atoms with Crippen LogP contribution in [-0.4, -0.2) is 27.6 Å². The Morgan fingerprint density at radius 2 is 1.93 bits per heavy atom. The van der Waals surface area contributed by atoms with Gasteiger partial charge in [-0.3, -0.25) is 0 Å². The Hall–Kier alpha value is -3.38. The SMILES string of the molecule is O=C(Nc1cccc2ccccc12)N1CCC[C@@H]1c1nc(-c2cccc(Cl)c2)no1. The molecule has 150 valence electrons. The number of carbonyl (C=O) groups is 1. The molecular formula is C23H19ClN4O2. The first kappa shape index (κ1) is 18.6. The molecule has 0 spiro atoms. The number of hydrogen-bond donors (Lipinski definition) is 1. The molecule has 1 aromatic heterocycles. The van der Waals surface area contributed by atoms with Gasteiger partial charge in [0.15, 0.2) is 0 Å². The summed E-state index contributed by atoms with van der Waals surface area (Å²) in [6.07, 6.45) is 1.66. The van der Waals surface area contributed by atoms with E-state index in [1.54, 1.807) is 17.0 Å². The highest BCUT2D eigenvalue weighted by molar-refractivity contribution is 6.30. The molecule has 5 rings (SSSR count). The third kappa shape index (κ3) is 3.50. The van der Waals surface area contributed by atoms with Crippen molar-refractivity contribution >= 4 is 34.1 Å². The van der Waals surface area contributed by atoms with Gasteiger partial charge in [0, 0.05) is 22.5 Å². The van der Waals surface area contributed by atoms with Crippen molar-refractivity contribution in [2.75, 3.05) is 11.9 Å². The molecule has 1 fully saturated rings. The van der Waals surface area contributed by atoms with Crippen LogP contribution in [0.3, 0.4) is 0 Å². The molecule has 2 amide bonds. The summed E-state index contributed by atoms with van der Waals surface area (Å²) in [6.45, 7) is 0.635. The number of amides is 2. The number of benzene rings is 3. The van der Waals surface area contributed by atoms with Gasteiger partial charge in [0.2, 0.25) is 11.7 Å². The van der Waals surface area contributed by atoms with Crippen LogP contribution in [0.4, 0.5) is 10.5 Å². The molecule has 0 aliphatic carbocycles. The number of nitrogens with one attached hydrogen (secondary N) is 1. The molecule has 7 heteroatoms. The Kier molecular flexibility index (Phi) is 4.85. The molecule has 1 N–H and O–H groups in total. The first-order chi connectivity index (χ1) is 14.7. The van der Waals surface area contributed by atoms with Crippen molar-refractivity contribution < 1.29 is 9.32 Å². The number of nitrogens with zero attached hydrogens (tertiary/aromatic N) is 3. The van der Waals surface area contributed by atoms with E-state index in [1.165, 1.54) is 0 Å². The number of urea groups is 1. The van der Waals surface area contributed by atoms with Gasteiger partial charge in [-0.15, -0.1) is 0 Å². The number of fused-ring (bicyclic) bond motifs is 1. The predicted octanol–water partition coefficient (Wildman–Crippen LogP) is 5.91. The van der Waals surface area contributed by atoms with E-state index in [9.17, 15) is 4.79 Å². The zero-order chi connectivity index (χ0) is 20.5. The summed E-state index contributed by atoms with van der Waals surface area (Å²) in [5.74, 6) is 0.907.